The van der Waals surface area contributed by atoms with Crippen LogP contribution < -0.4 is 10.3 Å². The highest BCUT2D eigenvalue weighted by atomic mass is 35.5. The summed E-state index contributed by atoms with van der Waals surface area (Å²) in [5.74, 6) is 1.17. The molecule has 2 heterocycles. The first-order valence-electron chi connectivity index (χ1n) is 10.3. The molecular formula is C23H26ClNO4S. The molecule has 1 saturated carbocycles. The van der Waals surface area contributed by atoms with Gasteiger partial charge in [-0.05, 0) is 56.4 Å². The summed E-state index contributed by atoms with van der Waals surface area (Å²) in [4.78, 5) is 26.9. The van der Waals surface area contributed by atoms with E-state index in [-0.39, 0.29) is 23.3 Å². The van der Waals surface area contributed by atoms with E-state index in [0.717, 1.165) is 34.6 Å². The SMILES string of the molecule is CC(C)COc1cc2c(cc1Cl)-c1c(cc(C(=O)OC(C)C)c(=O)n1C1CC1)CS2. The molecule has 0 atom stereocenters. The zero-order valence-electron chi connectivity index (χ0n) is 17.7. The van der Waals surface area contributed by atoms with Crippen LogP contribution in [-0.4, -0.2) is 23.2 Å². The molecule has 0 bridgehead atoms. The normalized spacial score (nSPS) is 15.2. The molecule has 1 fully saturated rings. The van der Waals surface area contributed by atoms with Crippen molar-refractivity contribution in [3.8, 4) is 17.0 Å². The van der Waals surface area contributed by atoms with Crippen molar-refractivity contribution in [3.05, 3.63) is 44.7 Å². The molecule has 0 amide bonds. The van der Waals surface area contributed by atoms with Crippen LogP contribution in [0.2, 0.25) is 5.02 Å². The topological polar surface area (TPSA) is 57.5 Å². The summed E-state index contributed by atoms with van der Waals surface area (Å²) in [6.45, 7) is 8.33. The van der Waals surface area contributed by atoms with E-state index < -0.39 is 5.97 Å². The molecule has 160 valence electrons. The third kappa shape index (κ3) is 4.12. The lowest BCUT2D eigenvalue weighted by molar-refractivity contribution is 0.0375. The molecule has 0 radical (unpaired) electrons. The number of hydrogen-bond acceptors (Lipinski definition) is 5. The molecule has 1 aliphatic carbocycles. The maximum atomic E-state index is 13.3. The number of ether oxygens (including phenoxy) is 2. The molecule has 2 aliphatic rings. The Balaban J connectivity index is 1.83. The van der Waals surface area contributed by atoms with Crippen molar-refractivity contribution in [2.75, 3.05) is 6.61 Å². The minimum absolute atomic E-state index is 0.112. The van der Waals surface area contributed by atoms with E-state index in [9.17, 15) is 9.59 Å². The van der Waals surface area contributed by atoms with Crippen LogP contribution in [0.4, 0.5) is 0 Å². The summed E-state index contributed by atoms with van der Waals surface area (Å²) in [5.41, 5.74) is 2.59. The highest BCUT2D eigenvalue weighted by Gasteiger charge is 2.34. The molecule has 5 nitrogen and oxygen atoms in total. The molecule has 0 unspecified atom stereocenters. The molecular weight excluding hydrogens is 422 g/mol. The highest BCUT2D eigenvalue weighted by Crippen LogP contribution is 2.48. The number of aromatic nitrogens is 1. The fourth-order valence-corrected chi connectivity index (χ4v) is 4.82. The van der Waals surface area contributed by atoms with E-state index in [2.05, 4.69) is 13.8 Å². The van der Waals surface area contributed by atoms with Gasteiger partial charge in [0, 0.05) is 22.3 Å². The van der Waals surface area contributed by atoms with Crippen LogP contribution in [0, 0.1) is 5.92 Å². The number of pyridine rings is 1. The maximum Gasteiger partial charge on any atom is 0.344 e. The molecule has 1 aromatic heterocycles. The number of carbonyl (C=O) groups excluding carboxylic acids is 1. The minimum atomic E-state index is -0.557. The van der Waals surface area contributed by atoms with Crippen LogP contribution >= 0.6 is 23.4 Å². The van der Waals surface area contributed by atoms with Gasteiger partial charge < -0.3 is 14.0 Å². The zero-order valence-corrected chi connectivity index (χ0v) is 19.2. The minimum Gasteiger partial charge on any atom is -0.492 e. The Kier molecular flexibility index (Phi) is 5.90. The summed E-state index contributed by atoms with van der Waals surface area (Å²) in [5, 5.41) is 0.529. The van der Waals surface area contributed by atoms with Gasteiger partial charge in [0.15, 0.2) is 0 Å². The molecule has 2 aromatic rings. The molecule has 1 aromatic carbocycles. The predicted octanol–water partition coefficient (Wildman–Crippen LogP) is 5.71. The van der Waals surface area contributed by atoms with Crippen LogP contribution in [0.25, 0.3) is 11.3 Å². The quantitative estimate of drug-likeness (QED) is 0.531. The van der Waals surface area contributed by atoms with E-state index in [1.807, 2.05) is 12.1 Å². The summed E-state index contributed by atoms with van der Waals surface area (Å²) in [7, 11) is 0. The fourth-order valence-electron chi connectivity index (χ4n) is 3.57. The Hall–Kier alpha value is -1.92. The standard InChI is InChI=1S/C23H26ClNO4S/c1-12(2)10-28-19-9-20-16(8-18(19)24)21-14(11-30-20)7-17(23(27)29-13(3)4)22(26)25(21)15-5-6-15/h7-9,12-13,15H,5-6,10-11H2,1-4H3. The van der Waals surface area contributed by atoms with Crippen molar-refractivity contribution >= 4 is 29.3 Å². The first-order chi connectivity index (χ1) is 14.3. The molecule has 7 heteroatoms. The molecule has 30 heavy (non-hydrogen) atoms. The number of thioether (sulfide) groups is 1. The molecule has 0 saturated heterocycles. The van der Waals surface area contributed by atoms with Gasteiger partial charge >= 0.3 is 5.97 Å². The smallest absolute Gasteiger partial charge is 0.344 e. The number of carbonyl (C=O) groups is 1. The number of esters is 1. The first kappa shape index (κ1) is 21.3. The number of halogens is 1. The Morgan fingerprint density at radius 1 is 1.23 bits per heavy atom. The second-order valence-electron chi connectivity index (χ2n) is 8.56. The number of benzene rings is 1. The Labute approximate surface area is 185 Å². The summed E-state index contributed by atoms with van der Waals surface area (Å²) in [6, 6.07) is 5.68. The molecule has 0 spiro atoms. The van der Waals surface area contributed by atoms with Crippen LogP contribution in [0.3, 0.4) is 0 Å². The third-order valence-electron chi connectivity index (χ3n) is 5.03. The van der Waals surface area contributed by atoms with Crippen molar-refractivity contribution in [1.29, 1.82) is 0 Å². The summed E-state index contributed by atoms with van der Waals surface area (Å²) >= 11 is 8.21. The van der Waals surface area contributed by atoms with E-state index in [0.29, 0.717) is 29.0 Å². The van der Waals surface area contributed by atoms with Gasteiger partial charge in [0.25, 0.3) is 5.56 Å². The average Bonchev–Trinajstić information content (AvgIpc) is 3.50. The Morgan fingerprint density at radius 2 is 1.97 bits per heavy atom. The second kappa shape index (κ2) is 8.31. The van der Waals surface area contributed by atoms with Gasteiger partial charge in [-0.3, -0.25) is 4.79 Å². The van der Waals surface area contributed by atoms with Gasteiger partial charge in [-0.2, -0.15) is 0 Å². The van der Waals surface area contributed by atoms with Gasteiger partial charge in [0.05, 0.1) is 23.4 Å². The largest absolute Gasteiger partial charge is 0.492 e. The van der Waals surface area contributed by atoms with Crippen LogP contribution in [0.15, 0.2) is 27.9 Å². The van der Waals surface area contributed by atoms with Crippen molar-refractivity contribution < 1.29 is 14.3 Å². The monoisotopic (exact) mass is 447 g/mol. The van der Waals surface area contributed by atoms with Gasteiger partial charge in [0.1, 0.15) is 11.3 Å². The number of nitrogens with zero attached hydrogens (tertiary/aromatic N) is 1. The zero-order chi connectivity index (χ0) is 21.6. The van der Waals surface area contributed by atoms with Crippen LogP contribution in [0.5, 0.6) is 5.75 Å². The van der Waals surface area contributed by atoms with E-state index >= 15 is 0 Å². The van der Waals surface area contributed by atoms with Crippen molar-refractivity contribution in [2.45, 2.75) is 63.3 Å². The Bertz CT molecular complexity index is 1060. The van der Waals surface area contributed by atoms with Gasteiger partial charge in [-0.1, -0.05) is 25.4 Å². The van der Waals surface area contributed by atoms with Gasteiger partial charge in [0.2, 0.25) is 0 Å². The number of fused-ring (bicyclic) bond motifs is 3. The first-order valence-corrected chi connectivity index (χ1v) is 11.7. The lowest BCUT2D eigenvalue weighted by Crippen LogP contribution is -2.30. The van der Waals surface area contributed by atoms with E-state index in [1.54, 1.807) is 36.2 Å². The fraction of sp³-hybridized carbons (Fsp3) is 0.478. The summed E-state index contributed by atoms with van der Waals surface area (Å²) in [6.07, 6.45) is 1.59. The average molecular weight is 448 g/mol. The van der Waals surface area contributed by atoms with Crippen LogP contribution in [0.1, 0.15) is 62.5 Å². The van der Waals surface area contributed by atoms with Gasteiger partial charge in [-0.15, -0.1) is 11.8 Å². The molecule has 4 rings (SSSR count). The van der Waals surface area contributed by atoms with E-state index in [4.69, 9.17) is 21.1 Å². The predicted molar refractivity (Wildman–Crippen MR) is 120 cm³/mol. The van der Waals surface area contributed by atoms with Crippen molar-refractivity contribution in [3.63, 3.8) is 0 Å². The number of rotatable bonds is 6. The van der Waals surface area contributed by atoms with Crippen molar-refractivity contribution in [2.24, 2.45) is 5.92 Å². The van der Waals surface area contributed by atoms with Crippen molar-refractivity contribution in [1.82, 2.24) is 4.57 Å². The number of hydrogen-bond donors (Lipinski definition) is 0. The van der Waals surface area contributed by atoms with Crippen LogP contribution in [-0.2, 0) is 10.5 Å². The second-order valence-corrected chi connectivity index (χ2v) is 9.99. The maximum absolute atomic E-state index is 13.3. The van der Waals surface area contributed by atoms with Gasteiger partial charge in [-0.25, -0.2) is 4.79 Å². The lowest BCUT2D eigenvalue weighted by atomic mass is 10.0. The highest BCUT2D eigenvalue weighted by molar-refractivity contribution is 7.98. The summed E-state index contributed by atoms with van der Waals surface area (Å²) < 4.78 is 13.0. The lowest BCUT2D eigenvalue weighted by Gasteiger charge is -2.25. The van der Waals surface area contributed by atoms with E-state index in [1.165, 1.54) is 0 Å². The Morgan fingerprint density at radius 3 is 2.60 bits per heavy atom. The third-order valence-corrected chi connectivity index (χ3v) is 6.43. The molecule has 0 N–H and O–H groups in total. The molecule has 1 aliphatic heterocycles.